The van der Waals surface area contributed by atoms with E-state index in [0.29, 0.717) is 25.8 Å². The van der Waals surface area contributed by atoms with Gasteiger partial charge in [-0.15, -0.1) is 0 Å². The van der Waals surface area contributed by atoms with E-state index in [1.807, 2.05) is 30.3 Å². The normalized spacial score (nSPS) is 26.8. The molecule has 172 valence electrons. The van der Waals surface area contributed by atoms with Gasteiger partial charge in [0.25, 0.3) is 0 Å². The molecule has 0 unspecified atom stereocenters. The Balaban J connectivity index is 1.87. The lowest BCUT2D eigenvalue weighted by Gasteiger charge is -2.32. The van der Waals surface area contributed by atoms with E-state index in [-0.39, 0.29) is 31.1 Å². The van der Waals surface area contributed by atoms with Gasteiger partial charge < -0.3 is 25.6 Å². The number of carbonyl (C=O) groups excluding carboxylic acids is 5. The molecule has 0 aromatic heterocycles. The quantitative estimate of drug-likeness (QED) is 0.425. The Morgan fingerprint density at radius 3 is 2.41 bits per heavy atom. The second kappa shape index (κ2) is 10.9. The third-order valence-electron chi connectivity index (χ3n) is 5.94. The first-order chi connectivity index (χ1) is 15.4. The zero-order valence-corrected chi connectivity index (χ0v) is 18.2. The monoisotopic (exact) mass is 442 g/mol. The van der Waals surface area contributed by atoms with Crippen molar-refractivity contribution in [3.8, 4) is 0 Å². The zero-order valence-electron chi connectivity index (χ0n) is 18.2. The highest BCUT2D eigenvalue weighted by Crippen LogP contribution is 2.20. The summed E-state index contributed by atoms with van der Waals surface area (Å²) >= 11 is 0. The molecule has 0 saturated carbocycles. The molecular formula is C23H30N4O5. The summed E-state index contributed by atoms with van der Waals surface area (Å²) in [6, 6.07) is 6.01. The van der Waals surface area contributed by atoms with Gasteiger partial charge in [0.05, 0.1) is 0 Å². The zero-order chi connectivity index (χ0) is 23.1. The molecule has 4 amide bonds. The molecule has 2 aliphatic heterocycles. The molecule has 9 nitrogen and oxygen atoms in total. The van der Waals surface area contributed by atoms with Crippen LogP contribution in [0.5, 0.6) is 0 Å². The molecule has 0 spiro atoms. The van der Waals surface area contributed by atoms with E-state index < -0.39 is 36.0 Å². The molecule has 1 aromatic rings. The molecule has 0 aliphatic carbocycles. The third kappa shape index (κ3) is 5.72. The molecule has 32 heavy (non-hydrogen) atoms. The van der Waals surface area contributed by atoms with Crippen molar-refractivity contribution in [1.29, 1.82) is 0 Å². The second-order valence-corrected chi connectivity index (χ2v) is 8.33. The molecule has 3 N–H and O–H groups in total. The van der Waals surface area contributed by atoms with Crippen molar-refractivity contribution in [1.82, 2.24) is 20.9 Å². The Hall–Kier alpha value is -3.23. The largest absolute Gasteiger partial charge is 0.343 e. The Bertz CT molecular complexity index is 859. The molecule has 1 aromatic carbocycles. The highest BCUT2D eigenvalue weighted by molar-refractivity contribution is 5.97. The number of fused-ring (bicyclic) bond motifs is 1. The van der Waals surface area contributed by atoms with Crippen LogP contribution in [0.1, 0.15) is 44.6 Å². The molecule has 2 aliphatic rings. The van der Waals surface area contributed by atoms with Gasteiger partial charge in [-0.1, -0.05) is 30.3 Å². The minimum Gasteiger partial charge on any atom is -0.343 e. The lowest BCUT2D eigenvalue weighted by atomic mass is 10.0. The summed E-state index contributed by atoms with van der Waals surface area (Å²) in [6.45, 7) is 1.95. The van der Waals surface area contributed by atoms with E-state index in [1.54, 1.807) is 0 Å². The number of carbonyl (C=O) groups is 5. The topological polar surface area (TPSA) is 125 Å². The van der Waals surface area contributed by atoms with Gasteiger partial charge >= 0.3 is 0 Å². The highest BCUT2D eigenvalue weighted by Gasteiger charge is 2.40. The number of rotatable bonds is 6. The Morgan fingerprint density at radius 2 is 1.69 bits per heavy atom. The average molecular weight is 443 g/mol. The van der Waals surface area contributed by atoms with Gasteiger partial charge in [0.1, 0.15) is 30.5 Å². The summed E-state index contributed by atoms with van der Waals surface area (Å²) < 4.78 is 0. The van der Waals surface area contributed by atoms with Gasteiger partial charge in [-0.3, -0.25) is 19.2 Å². The molecule has 3 rings (SSSR count). The van der Waals surface area contributed by atoms with Crippen molar-refractivity contribution in [2.75, 3.05) is 6.54 Å². The average Bonchev–Trinajstić information content (AvgIpc) is 3.27. The van der Waals surface area contributed by atoms with Crippen molar-refractivity contribution in [3.05, 3.63) is 35.9 Å². The summed E-state index contributed by atoms with van der Waals surface area (Å²) in [4.78, 5) is 64.2. The lowest BCUT2D eigenvalue weighted by Crippen LogP contribution is -2.61. The van der Waals surface area contributed by atoms with Crippen LogP contribution in [0, 0.1) is 0 Å². The number of benzene rings is 1. The van der Waals surface area contributed by atoms with Crippen LogP contribution < -0.4 is 16.0 Å². The van der Waals surface area contributed by atoms with Crippen LogP contribution in [-0.4, -0.2) is 65.5 Å². The van der Waals surface area contributed by atoms with Crippen LogP contribution in [-0.2, 0) is 30.4 Å². The van der Waals surface area contributed by atoms with E-state index in [2.05, 4.69) is 16.0 Å². The van der Waals surface area contributed by atoms with E-state index >= 15 is 0 Å². The van der Waals surface area contributed by atoms with Crippen molar-refractivity contribution in [3.63, 3.8) is 0 Å². The molecular weight excluding hydrogens is 412 g/mol. The van der Waals surface area contributed by atoms with Crippen molar-refractivity contribution < 1.29 is 24.0 Å². The number of nitrogens with one attached hydrogen (secondary N) is 3. The predicted octanol–water partition coefficient (Wildman–Crippen LogP) is 0.0772. The Kier molecular flexibility index (Phi) is 7.97. The fraction of sp³-hybridized carbons (Fsp3) is 0.522. The molecule has 2 saturated heterocycles. The maximum absolute atomic E-state index is 13.4. The van der Waals surface area contributed by atoms with E-state index in [1.165, 1.54) is 11.8 Å². The maximum atomic E-state index is 13.4. The second-order valence-electron chi connectivity index (χ2n) is 8.33. The van der Waals surface area contributed by atoms with E-state index in [4.69, 9.17) is 0 Å². The molecule has 0 bridgehead atoms. The molecule has 2 heterocycles. The summed E-state index contributed by atoms with van der Waals surface area (Å²) in [6.07, 6.45) is 3.15. The van der Waals surface area contributed by atoms with E-state index in [9.17, 15) is 24.0 Å². The fourth-order valence-corrected chi connectivity index (χ4v) is 4.17. The van der Waals surface area contributed by atoms with Gasteiger partial charge in [0.2, 0.25) is 23.6 Å². The van der Waals surface area contributed by atoms with Crippen LogP contribution >= 0.6 is 0 Å². The van der Waals surface area contributed by atoms with Crippen LogP contribution in [0.3, 0.4) is 0 Å². The lowest BCUT2D eigenvalue weighted by molar-refractivity contribution is -0.143. The fourth-order valence-electron chi connectivity index (χ4n) is 4.17. The number of unbranched alkanes of at least 4 members (excludes halogenated alkanes) is 1. The minimum absolute atomic E-state index is 0.266. The number of amides is 4. The standard InChI is InChI=1S/C23H30N4O5/c1-15-20(29)26-18(14-16-8-3-2-4-9-16)23(32)27-12-7-11-19(27)22(31)25-17(21(30)24-15)10-5-6-13-28/h2-4,8-9,13,15,17-19H,5-7,10-12,14H2,1H3,(H,24,30)(H,25,31)(H,26,29)/t15-,17+,18+,19-/m1/s1. The summed E-state index contributed by atoms with van der Waals surface area (Å²) in [5.74, 6) is -1.65. The SMILES string of the molecule is C[C@H]1NC(=O)[C@H](CCCC=O)NC(=O)[C@H]2CCCN2C(=O)[C@H](Cc2ccccc2)NC1=O. The van der Waals surface area contributed by atoms with Crippen molar-refractivity contribution >= 4 is 29.9 Å². The minimum atomic E-state index is -0.896. The van der Waals surface area contributed by atoms with Crippen LogP contribution in [0.15, 0.2) is 30.3 Å². The maximum Gasteiger partial charge on any atom is 0.246 e. The molecule has 9 heteroatoms. The summed E-state index contributed by atoms with van der Waals surface area (Å²) in [7, 11) is 0. The third-order valence-corrected chi connectivity index (χ3v) is 5.94. The summed E-state index contributed by atoms with van der Waals surface area (Å²) in [5.41, 5.74) is 0.880. The highest BCUT2D eigenvalue weighted by atomic mass is 16.2. The first-order valence-electron chi connectivity index (χ1n) is 11.1. The predicted molar refractivity (Wildman–Crippen MR) is 116 cm³/mol. The number of aldehydes is 1. The Morgan fingerprint density at radius 1 is 0.969 bits per heavy atom. The van der Waals surface area contributed by atoms with Gasteiger partial charge in [0.15, 0.2) is 0 Å². The van der Waals surface area contributed by atoms with Gasteiger partial charge in [-0.05, 0) is 38.2 Å². The van der Waals surface area contributed by atoms with E-state index in [0.717, 1.165) is 11.8 Å². The van der Waals surface area contributed by atoms with Crippen LogP contribution in [0.2, 0.25) is 0 Å². The number of hydrogen-bond donors (Lipinski definition) is 3. The first kappa shape index (κ1) is 23.4. The Labute approximate surface area is 187 Å². The number of hydrogen-bond acceptors (Lipinski definition) is 5. The van der Waals surface area contributed by atoms with Crippen molar-refractivity contribution in [2.24, 2.45) is 0 Å². The molecule has 0 radical (unpaired) electrons. The number of nitrogens with zero attached hydrogens (tertiary/aromatic N) is 1. The van der Waals surface area contributed by atoms with Gasteiger partial charge in [-0.2, -0.15) is 0 Å². The van der Waals surface area contributed by atoms with Crippen molar-refractivity contribution in [2.45, 2.75) is 69.6 Å². The van der Waals surface area contributed by atoms with Crippen LogP contribution in [0.4, 0.5) is 0 Å². The smallest absolute Gasteiger partial charge is 0.246 e. The van der Waals surface area contributed by atoms with Crippen LogP contribution in [0.25, 0.3) is 0 Å². The first-order valence-corrected chi connectivity index (χ1v) is 11.1. The summed E-state index contributed by atoms with van der Waals surface area (Å²) in [5, 5.41) is 8.14. The molecule has 2 fully saturated rings. The van der Waals surface area contributed by atoms with Gasteiger partial charge in [-0.25, -0.2) is 0 Å². The molecule has 4 atom stereocenters. The van der Waals surface area contributed by atoms with Gasteiger partial charge in [0, 0.05) is 19.4 Å².